The number of hydrogen-bond donors (Lipinski definition) is 1. The van der Waals surface area contributed by atoms with E-state index in [2.05, 4.69) is 29.6 Å². The molecule has 0 aliphatic rings. The summed E-state index contributed by atoms with van der Waals surface area (Å²) in [5.41, 5.74) is 3.04. The van der Waals surface area contributed by atoms with Crippen molar-refractivity contribution in [3.63, 3.8) is 0 Å². The van der Waals surface area contributed by atoms with E-state index in [0.717, 1.165) is 16.8 Å². The summed E-state index contributed by atoms with van der Waals surface area (Å²) in [6, 6.07) is 14.4. The predicted molar refractivity (Wildman–Crippen MR) is 76.0 cm³/mol. The molecule has 0 heterocycles. The molecule has 0 atom stereocenters. The molecule has 0 unspecified atom stereocenters. The number of amides is 1. The third kappa shape index (κ3) is 2.59. The Balaban J connectivity index is 2.52. The molecular weight excluding hydrogens is 222 g/mol. The fraction of sp³-hybridized carbons (Fsp3) is 0.188. The number of hydrogen-bond acceptors (Lipinski definition) is 1. The third-order valence-corrected chi connectivity index (χ3v) is 2.84. The summed E-state index contributed by atoms with van der Waals surface area (Å²) in [7, 11) is 0. The van der Waals surface area contributed by atoms with Crippen LogP contribution in [0.3, 0.4) is 0 Å². The van der Waals surface area contributed by atoms with Gasteiger partial charge in [-0.3, -0.25) is 4.79 Å². The fourth-order valence-corrected chi connectivity index (χ4v) is 2.01. The minimum Gasteiger partial charge on any atom is -0.326 e. The van der Waals surface area contributed by atoms with E-state index in [1.54, 1.807) is 0 Å². The summed E-state index contributed by atoms with van der Waals surface area (Å²) in [4.78, 5) is 11.3. The smallest absolute Gasteiger partial charge is 0.221 e. The Morgan fingerprint density at radius 1 is 0.944 bits per heavy atom. The van der Waals surface area contributed by atoms with Crippen LogP contribution in [0.5, 0.6) is 0 Å². The first kappa shape index (κ1) is 12.4. The summed E-state index contributed by atoms with van der Waals surface area (Å²) in [6.07, 6.45) is 0. The summed E-state index contributed by atoms with van der Waals surface area (Å²) in [5, 5.41) is 5.29. The molecule has 0 bridgehead atoms. The molecule has 0 saturated heterocycles. The Bertz CT molecular complexity index is 622. The zero-order chi connectivity index (χ0) is 13.1. The Morgan fingerprint density at radius 2 is 1.61 bits per heavy atom. The first-order valence-corrected chi connectivity index (χ1v) is 6.02. The van der Waals surface area contributed by atoms with Crippen molar-refractivity contribution in [2.24, 2.45) is 0 Å². The molecule has 0 aromatic heterocycles. The van der Waals surface area contributed by atoms with Gasteiger partial charge < -0.3 is 5.32 Å². The molecule has 2 aromatic carbocycles. The molecule has 2 heteroatoms. The van der Waals surface area contributed by atoms with E-state index < -0.39 is 0 Å². The summed E-state index contributed by atoms with van der Waals surface area (Å²) in [6.45, 7) is 5.53. The first-order chi connectivity index (χ1) is 8.58. The highest BCUT2D eigenvalue weighted by molar-refractivity contribution is 5.90. The van der Waals surface area contributed by atoms with Crippen LogP contribution in [0.1, 0.15) is 26.3 Å². The minimum atomic E-state index is -0.0423. The van der Waals surface area contributed by atoms with Gasteiger partial charge in [-0.05, 0) is 36.2 Å². The van der Waals surface area contributed by atoms with Crippen molar-refractivity contribution in [3.05, 3.63) is 53.6 Å². The van der Waals surface area contributed by atoms with Crippen LogP contribution in [-0.2, 0) is 4.79 Å². The molecule has 0 saturated carbocycles. The molecule has 0 spiro atoms. The lowest BCUT2D eigenvalue weighted by Crippen LogP contribution is -2.19. The SMILES string of the molecule is CC(=O)NC(=C(C)C)c1ccc2ccccc2c1. The van der Waals surface area contributed by atoms with E-state index in [4.69, 9.17) is 0 Å². The molecule has 2 nitrogen and oxygen atoms in total. The van der Waals surface area contributed by atoms with E-state index in [9.17, 15) is 4.79 Å². The standard InChI is InChI=1S/C16H17NO/c1-11(2)16(17-12(3)18)15-9-8-13-6-4-5-7-14(13)10-15/h4-10H,1-3H3,(H,17,18). The van der Waals surface area contributed by atoms with Gasteiger partial charge in [-0.2, -0.15) is 0 Å². The van der Waals surface area contributed by atoms with Crippen LogP contribution in [0.4, 0.5) is 0 Å². The van der Waals surface area contributed by atoms with Crippen LogP contribution in [0.2, 0.25) is 0 Å². The minimum absolute atomic E-state index is 0.0423. The lowest BCUT2D eigenvalue weighted by molar-refractivity contribution is -0.117. The van der Waals surface area contributed by atoms with Gasteiger partial charge in [0.05, 0.1) is 0 Å². The molecule has 0 aliphatic heterocycles. The van der Waals surface area contributed by atoms with Crippen molar-refractivity contribution in [3.8, 4) is 0 Å². The highest BCUT2D eigenvalue weighted by Crippen LogP contribution is 2.21. The van der Waals surface area contributed by atoms with Gasteiger partial charge >= 0.3 is 0 Å². The Kier molecular flexibility index (Phi) is 3.47. The number of rotatable bonds is 2. The number of benzene rings is 2. The molecule has 0 aliphatic carbocycles. The number of carbonyl (C=O) groups is 1. The maximum atomic E-state index is 11.3. The van der Waals surface area contributed by atoms with Gasteiger partial charge in [0.1, 0.15) is 0 Å². The average molecular weight is 239 g/mol. The average Bonchev–Trinajstić information content (AvgIpc) is 2.35. The quantitative estimate of drug-likeness (QED) is 0.850. The largest absolute Gasteiger partial charge is 0.326 e. The highest BCUT2D eigenvalue weighted by atomic mass is 16.1. The van der Waals surface area contributed by atoms with Gasteiger partial charge in [-0.1, -0.05) is 42.0 Å². The van der Waals surface area contributed by atoms with Crippen molar-refractivity contribution < 1.29 is 4.79 Å². The molecule has 1 N–H and O–H groups in total. The first-order valence-electron chi connectivity index (χ1n) is 6.02. The third-order valence-electron chi connectivity index (χ3n) is 2.84. The van der Waals surface area contributed by atoms with Gasteiger partial charge in [0.25, 0.3) is 0 Å². The Hall–Kier alpha value is -2.09. The zero-order valence-electron chi connectivity index (χ0n) is 10.9. The Labute approximate surface area is 107 Å². The lowest BCUT2D eigenvalue weighted by Gasteiger charge is -2.11. The topological polar surface area (TPSA) is 29.1 Å². The van der Waals surface area contributed by atoms with E-state index in [-0.39, 0.29) is 5.91 Å². The van der Waals surface area contributed by atoms with Crippen LogP contribution in [-0.4, -0.2) is 5.91 Å². The second-order valence-corrected chi connectivity index (χ2v) is 4.62. The zero-order valence-corrected chi connectivity index (χ0v) is 10.9. The van der Waals surface area contributed by atoms with Gasteiger partial charge in [0.15, 0.2) is 0 Å². The van der Waals surface area contributed by atoms with E-state index in [1.807, 2.05) is 32.0 Å². The summed E-state index contributed by atoms with van der Waals surface area (Å²) >= 11 is 0. The van der Waals surface area contributed by atoms with Crippen LogP contribution in [0.25, 0.3) is 16.5 Å². The van der Waals surface area contributed by atoms with E-state index >= 15 is 0 Å². The summed E-state index contributed by atoms with van der Waals surface area (Å²) < 4.78 is 0. The normalized spacial score (nSPS) is 10.2. The van der Waals surface area contributed by atoms with Gasteiger partial charge in [-0.25, -0.2) is 0 Å². The number of carbonyl (C=O) groups excluding carboxylic acids is 1. The predicted octanol–water partition coefficient (Wildman–Crippen LogP) is 3.73. The number of fused-ring (bicyclic) bond motifs is 1. The van der Waals surface area contributed by atoms with Crippen molar-refractivity contribution in [1.82, 2.24) is 5.32 Å². The molecular formula is C16H17NO. The molecule has 92 valence electrons. The van der Waals surface area contributed by atoms with Crippen LogP contribution >= 0.6 is 0 Å². The monoisotopic (exact) mass is 239 g/mol. The molecule has 18 heavy (non-hydrogen) atoms. The van der Waals surface area contributed by atoms with Gasteiger partial charge in [0.2, 0.25) is 5.91 Å². The maximum absolute atomic E-state index is 11.3. The lowest BCUT2D eigenvalue weighted by atomic mass is 10.0. The van der Waals surface area contributed by atoms with Crippen LogP contribution in [0.15, 0.2) is 48.0 Å². The molecule has 2 aromatic rings. The second-order valence-electron chi connectivity index (χ2n) is 4.62. The number of allylic oxidation sites excluding steroid dienone is 1. The van der Waals surface area contributed by atoms with Crippen LogP contribution < -0.4 is 5.32 Å². The maximum Gasteiger partial charge on any atom is 0.221 e. The molecule has 1 amide bonds. The van der Waals surface area contributed by atoms with Crippen molar-refractivity contribution in [2.75, 3.05) is 0 Å². The van der Waals surface area contributed by atoms with E-state index in [1.165, 1.54) is 17.7 Å². The summed E-state index contributed by atoms with van der Waals surface area (Å²) in [5.74, 6) is -0.0423. The molecule has 2 rings (SSSR count). The second kappa shape index (κ2) is 5.05. The van der Waals surface area contributed by atoms with Crippen molar-refractivity contribution in [2.45, 2.75) is 20.8 Å². The van der Waals surface area contributed by atoms with Crippen LogP contribution in [0, 0.1) is 0 Å². The van der Waals surface area contributed by atoms with Gasteiger partial charge in [-0.15, -0.1) is 0 Å². The van der Waals surface area contributed by atoms with Crippen molar-refractivity contribution in [1.29, 1.82) is 0 Å². The molecule has 0 radical (unpaired) electrons. The van der Waals surface area contributed by atoms with E-state index in [0.29, 0.717) is 0 Å². The fourth-order valence-electron chi connectivity index (χ4n) is 2.01. The highest BCUT2D eigenvalue weighted by Gasteiger charge is 2.06. The Morgan fingerprint density at radius 3 is 2.22 bits per heavy atom. The number of nitrogens with one attached hydrogen (secondary N) is 1. The molecule has 0 fully saturated rings. The van der Waals surface area contributed by atoms with Gasteiger partial charge in [0, 0.05) is 12.6 Å². The van der Waals surface area contributed by atoms with Crippen molar-refractivity contribution >= 4 is 22.4 Å².